The van der Waals surface area contributed by atoms with Gasteiger partial charge in [0.15, 0.2) is 5.69 Å². The first-order valence-corrected chi connectivity index (χ1v) is 8.30. The number of unbranched alkanes of at least 4 members (excludes halogenated alkanes) is 1. The number of aryl methyl sites for hydroxylation is 1. The van der Waals surface area contributed by atoms with Crippen LogP contribution in [0.15, 0.2) is 34.6 Å². The van der Waals surface area contributed by atoms with Gasteiger partial charge < -0.3 is 12.6 Å². The van der Waals surface area contributed by atoms with Gasteiger partial charge in [-0.3, -0.25) is 15.1 Å². The summed E-state index contributed by atoms with van der Waals surface area (Å²) in [6.45, 7) is 5.14. The maximum Gasteiger partial charge on any atom is 0.269 e. The van der Waals surface area contributed by atoms with Gasteiger partial charge in [0.05, 0.1) is 16.0 Å². The van der Waals surface area contributed by atoms with Gasteiger partial charge in [0.1, 0.15) is 6.54 Å². The Bertz CT molecular complexity index is 693. The molecule has 0 amide bonds. The Kier molecular flexibility index (Phi) is 5.57. The topological polar surface area (TPSA) is 59.4 Å². The zero-order valence-corrected chi connectivity index (χ0v) is 14.1. The highest BCUT2D eigenvalue weighted by Gasteiger charge is 2.16. The minimum atomic E-state index is -0.427. The Morgan fingerprint density at radius 2 is 2.09 bits per heavy atom. The highest BCUT2D eigenvalue weighted by Crippen LogP contribution is 2.19. The van der Waals surface area contributed by atoms with Crippen LogP contribution in [0.2, 0.25) is 0 Å². The molecule has 1 aromatic carbocycles. The van der Waals surface area contributed by atoms with Crippen molar-refractivity contribution in [3.63, 3.8) is 0 Å². The second-order valence-electron chi connectivity index (χ2n) is 4.88. The standard InChI is InChI=1S/C15H17N3O2S2/c1-3-4-9-17-11(2)10-22-15(17)14(21)16-12-5-7-13(8-6-12)18(19)20/h5-8,10H,3-4,9H2,1-2H3. The fraction of sp³-hybridized carbons (Fsp3) is 0.333. The van der Waals surface area contributed by atoms with Crippen molar-refractivity contribution in [1.82, 2.24) is 0 Å². The Hall–Kier alpha value is -1.86. The lowest BCUT2D eigenvalue weighted by Crippen LogP contribution is -2.40. The average molecular weight is 335 g/mol. The summed E-state index contributed by atoms with van der Waals surface area (Å²) >= 11 is 7.01. The third-order valence-corrected chi connectivity index (χ3v) is 4.73. The van der Waals surface area contributed by atoms with Crippen LogP contribution in [0.1, 0.15) is 30.5 Å². The van der Waals surface area contributed by atoms with Crippen molar-refractivity contribution in [3.8, 4) is 0 Å². The number of aliphatic imine (C=N–C) groups is 1. The first kappa shape index (κ1) is 16.5. The summed E-state index contributed by atoms with van der Waals surface area (Å²) in [6, 6.07) is 6.10. The van der Waals surface area contributed by atoms with Gasteiger partial charge in [-0.2, -0.15) is 4.57 Å². The number of non-ortho nitro benzene ring substituents is 1. The smallest absolute Gasteiger partial charge is 0.269 e. The first-order chi connectivity index (χ1) is 10.5. The summed E-state index contributed by atoms with van der Waals surface area (Å²) in [7, 11) is 0. The van der Waals surface area contributed by atoms with Gasteiger partial charge >= 0.3 is 0 Å². The van der Waals surface area contributed by atoms with E-state index in [9.17, 15) is 10.1 Å². The summed E-state index contributed by atoms with van der Waals surface area (Å²) in [5.74, 6) is 0. The lowest BCUT2D eigenvalue weighted by atomic mass is 10.3. The monoisotopic (exact) mass is 335 g/mol. The van der Waals surface area contributed by atoms with Crippen LogP contribution < -0.4 is 4.57 Å². The maximum absolute atomic E-state index is 10.7. The minimum Gasteiger partial charge on any atom is -0.753 e. The zero-order valence-electron chi connectivity index (χ0n) is 12.5. The predicted molar refractivity (Wildman–Crippen MR) is 90.8 cm³/mol. The molecule has 0 spiro atoms. The highest BCUT2D eigenvalue weighted by molar-refractivity contribution is 7.78. The molecule has 0 saturated carbocycles. The Morgan fingerprint density at radius 3 is 2.68 bits per heavy atom. The van der Waals surface area contributed by atoms with Crippen LogP contribution in [0.3, 0.4) is 0 Å². The normalized spacial score (nSPS) is 11.6. The van der Waals surface area contributed by atoms with Crippen LogP contribution in [-0.4, -0.2) is 9.97 Å². The average Bonchev–Trinajstić information content (AvgIpc) is 2.86. The predicted octanol–water partition coefficient (Wildman–Crippen LogP) is 3.68. The Balaban J connectivity index is 2.27. The van der Waals surface area contributed by atoms with Gasteiger partial charge in [-0.1, -0.05) is 24.7 Å². The number of hydrogen-bond acceptors (Lipinski definition) is 5. The SMILES string of the molecule is CCCC[n+]1c(C)csc1C([S-])=Nc1ccc([N+](=O)[O-])cc1. The summed E-state index contributed by atoms with van der Waals surface area (Å²) in [5.41, 5.74) is 1.85. The van der Waals surface area contributed by atoms with Gasteiger partial charge in [0.25, 0.3) is 10.7 Å². The molecule has 5 nitrogen and oxygen atoms in total. The van der Waals surface area contributed by atoms with Crippen molar-refractivity contribution < 1.29 is 9.49 Å². The lowest BCUT2D eigenvalue weighted by Gasteiger charge is -2.07. The molecule has 0 bridgehead atoms. The van der Waals surface area contributed by atoms with Gasteiger partial charge in [0, 0.05) is 30.5 Å². The van der Waals surface area contributed by atoms with Crippen molar-refractivity contribution in [2.24, 2.45) is 4.99 Å². The van der Waals surface area contributed by atoms with Crippen LogP contribution in [0, 0.1) is 17.0 Å². The molecule has 1 heterocycles. The van der Waals surface area contributed by atoms with Crippen LogP contribution in [-0.2, 0) is 19.2 Å². The first-order valence-electron chi connectivity index (χ1n) is 7.01. The van der Waals surface area contributed by atoms with E-state index < -0.39 is 4.92 Å². The molecule has 2 aromatic rings. The second-order valence-corrected chi connectivity index (χ2v) is 6.12. The van der Waals surface area contributed by atoms with Crippen LogP contribution in [0.25, 0.3) is 0 Å². The minimum absolute atomic E-state index is 0.0508. The molecule has 7 heteroatoms. The van der Waals surface area contributed by atoms with Gasteiger partial charge in [-0.15, -0.1) is 0 Å². The van der Waals surface area contributed by atoms with E-state index in [2.05, 4.69) is 28.8 Å². The Labute approximate surface area is 138 Å². The fourth-order valence-electron chi connectivity index (χ4n) is 2.00. The molecule has 2 rings (SSSR count). The molecule has 0 atom stereocenters. The quantitative estimate of drug-likeness (QED) is 0.202. The van der Waals surface area contributed by atoms with E-state index in [1.807, 2.05) is 0 Å². The summed E-state index contributed by atoms with van der Waals surface area (Å²) in [4.78, 5) is 14.6. The third kappa shape index (κ3) is 3.86. The molecule has 22 heavy (non-hydrogen) atoms. The third-order valence-electron chi connectivity index (χ3n) is 3.22. The van der Waals surface area contributed by atoms with Crippen LogP contribution >= 0.6 is 11.3 Å². The lowest BCUT2D eigenvalue weighted by molar-refractivity contribution is -0.699. The molecule has 1 aromatic heterocycles. The molecular formula is C15H17N3O2S2. The number of thiazole rings is 1. The molecule has 116 valence electrons. The van der Waals surface area contributed by atoms with Crippen molar-refractivity contribution >= 4 is 40.4 Å². The number of aromatic nitrogens is 1. The molecule has 0 aliphatic heterocycles. The van der Waals surface area contributed by atoms with Gasteiger partial charge in [0.2, 0.25) is 0 Å². The number of hydrogen-bond donors (Lipinski definition) is 0. The zero-order chi connectivity index (χ0) is 16.1. The Morgan fingerprint density at radius 1 is 1.41 bits per heavy atom. The van der Waals surface area contributed by atoms with E-state index in [1.165, 1.54) is 17.8 Å². The number of rotatable bonds is 6. The van der Waals surface area contributed by atoms with E-state index in [0.717, 1.165) is 24.4 Å². The van der Waals surface area contributed by atoms with Crippen molar-refractivity contribution in [2.45, 2.75) is 33.2 Å². The number of nitro groups is 1. The van der Waals surface area contributed by atoms with Crippen LogP contribution in [0.5, 0.6) is 0 Å². The summed E-state index contributed by atoms with van der Waals surface area (Å²) < 4.78 is 2.19. The maximum atomic E-state index is 10.7. The summed E-state index contributed by atoms with van der Waals surface area (Å²) in [6.07, 6.45) is 2.21. The van der Waals surface area contributed by atoms with E-state index in [0.29, 0.717) is 10.7 Å². The molecule has 0 saturated heterocycles. The number of nitrogens with zero attached hydrogens (tertiary/aromatic N) is 3. The second kappa shape index (κ2) is 7.42. The van der Waals surface area contributed by atoms with E-state index in [4.69, 9.17) is 12.6 Å². The molecule has 0 aliphatic rings. The molecule has 0 unspecified atom stereocenters. The van der Waals surface area contributed by atoms with E-state index >= 15 is 0 Å². The largest absolute Gasteiger partial charge is 0.753 e. The van der Waals surface area contributed by atoms with Crippen molar-refractivity contribution in [3.05, 3.63) is 50.5 Å². The van der Waals surface area contributed by atoms with E-state index in [1.54, 1.807) is 23.5 Å². The van der Waals surface area contributed by atoms with E-state index in [-0.39, 0.29) is 5.69 Å². The van der Waals surface area contributed by atoms with Gasteiger partial charge in [-0.25, -0.2) is 0 Å². The fourth-order valence-corrected chi connectivity index (χ4v) is 3.28. The summed E-state index contributed by atoms with van der Waals surface area (Å²) in [5, 5.41) is 14.2. The van der Waals surface area contributed by atoms with Crippen molar-refractivity contribution in [1.29, 1.82) is 0 Å². The number of benzene rings is 1. The molecule has 0 N–H and O–H groups in total. The highest BCUT2D eigenvalue weighted by atomic mass is 32.1. The van der Waals surface area contributed by atoms with Gasteiger partial charge in [-0.05, 0) is 12.1 Å². The molecule has 0 radical (unpaired) electrons. The molecular weight excluding hydrogens is 318 g/mol. The molecule has 0 fully saturated rings. The van der Waals surface area contributed by atoms with Crippen molar-refractivity contribution in [2.75, 3.05) is 0 Å². The number of nitro benzene ring substituents is 1. The molecule has 0 aliphatic carbocycles. The van der Waals surface area contributed by atoms with Crippen LogP contribution in [0.4, 0.5) is 11.4 Å².